The number of aryl methyl sites for hydroxylation is 1. The van der Waals surface area contributed by atoms with Gasteiger partial charge in [-0.05, 0) is 31.0 Å². The lowest BCUT2D eigenvalue weighted by atomic mass is 9.93. The van der Waals surface area contributed by atoms with E-state index in [0.29, 0.717) is 41.5 Å². The number of ether oxygens (including phenoxy) is 2. The van der Waals surface area contributed by atoms with Crippen LogP contribution < -0.4 is 10.1 Å². The minimum Gasteiger partial charge on any atom is -0.495 e. The number of pyridine rings is 1. The molecule has 0 bridgehead atoms. The van der Waals surface area contributed by atoms with E-state index in [2.05, 4.69) is 38.5 Å². The van der Waals surface area contributed by atoms with Gasteiger partial charge in [-0.3, -0.25) is 4.90 Å². The van der Waals surface area contributed by atoms with E-state index in [0.717, 1.165) is 36.5 Å². The van der Waals surface area contributed by atoms with Crippen LogP contribution in [0.25, 0.3) is 5.82 Å². The number of nitrogens with one attached hydrogen (secondary N) is 1. The molecule has 0 spiro atoms. The summed E-state index contributed by atoms with van der Waals surface area (Å²) in [6, 6.07) is 7.87. The van der Waals surface area contributed by atoms with Gasteiger partial charge in [0.2, 0.25) is 0 Å². The van der Waals surface area contributed by atoms with E-state index in [1.165, 1.54) is 12.7 Å². The summed E-state index contributed by atoms with van der Waals surface area (Å²) in [5.41, 5.74) is 5.79. The van der Waals surface area contributed by atoms with Crippen molar-refractivity contribution in [2.45, 2.75) is 33.0 Å². The van der Waals surface area contributed by atoms with Gasteiger partial charge in [-0.15, -0.1) is 5.10 Å². The molecule has 2 aliphatic rings. The molecule has 5 rings (SSSR count). The summed E-state index contributed by atoms with van der Waals surface area (Å²) < 4.78 is 12.1. The Morgan fingerprint density at radius 1 is 1.35 bits per heavy atom. The van der Waals surface area contributed by atoms with Crippen LogP contribution in [0.4, 0.5) is 0 Å². The van der Waals surface area contributed by atoms with Gasteiger partial charge in [-0.25, -0.2) is 14.5 Å². The quantitative estimate of drug-likeness (QED) is 0.571. The molecule has 1 saturated heterocycles. The van der Waals surface area contributed by atoms with Gasteiger partial charge in [0.1, 0.15) is 24.0 Å². The second-order valence-corrected chi connectivity index (χ2v) is 8.53. The van der Waals surface area contributed by atoms with Crippen LogP contribution in [0.5, 0.6) is 5.75 Å². The number of fused-ring (bicyclic) bond motifs is 1. The van der Waals surface area contributed by atoms with Gasteiger partial charge in [0, 0.05) is 43.9 Å². The van der Waals surface area contributed by atoms with Gasteiger partial charge in [-0.2, -0.15) is 5.26 Å². The summed E-state index contributed by atoms with van der Waals surface area (Å²) in [4.78, 5) is 18.7. The van der Waals surface area contributed by atoms with Crippen LogP contribution in [-0.2, 0) is 17.9 Å². The molecular weight excluding hydrogens is 434 g/mol. The lowest BCUT2D eigenvalue weighted by molar-refractivity contribution is 0.0535. The first-order valence-corrected chi connectivity index (χ1v) is 11.1. The SMILES string of the molecule is COc1cc(-n2cc(CN3CCNC(c4ccc5c(c4C)COC5=O)C3)nn2)nc(C)c1C#N. The average molecular weight is 460 g/mol. The van der Waals surface area contributed by atoms with Crippen LogP contribution in [0.15, 0.2) is 24.4 Å². The van der Waals surface area contributed by atoms with Crippen molar-refractivity contribution in [3.63, 3.8) is 0 Å². The smallest absolute Gasteiger partial charge is 0.338 e. The highest BCUT2D eigenvalue weighted by Gasteiger charge is 2.28. The molecule has 0 amide bonds. The van der Waals surface area contributed by atoms with E-state index in [1.54, 1.807) is 17.7 Å². The highest BCUT2D eigenvalue weighted by atomic mass is 16.5. The summed E-state index contributed by atoms with van der Waals surface area (Å²) >= 11 is 0. The molecule has 2 aliphatic heterocycles. The highest BCUT2D eigenvalue weighted by molar-refractivity contribution is 5.94. The van der Waals surface area contributed by atoms with Crippen molar-refractivity contribution in [2.24, 2.45) is 0 Å². The lowest BCUT2D eigenvalue weighted by Gasteiger charge is -2.34. The minimum atomic E-state index is -0.240. The first kappa shape index (κ1) is 22.0. The molecule has 174 valence electrons. The molecule has 1 unspecified atom stereocenters. The van der Waals surface area contributed by atoms with Crippen molar-refractivity contribution in [2.75, 3.05) is 26.7 Å². The molecule has 0 aliphatic carbocycles. The Morgan fingerprint density at radius 3 is 3.00 bits per heavy atom. The number of esters is 1. The first-order valence-electron chi connectivity index (χ1n) is 11.1. The fourth-order valence-electron chi connectivity index (χ4n) is 4.66. The van der Waals surface area contributed by atoms with E-state index >= 15 is 0 Å². The van der Waals surface area contributed by atoms with Gasteiger partial charge in [0.05, 0.1) is 30.3 Å². The maximum absolute atomic E-state index is 11.9. The van der Waals surface area contributed by atoms with Crippen molar-refractivity contribution in [1.29, 1.82) is 5.26 Å². The maximum atomic E-state index is 11.9. The third-order valence-electron chi connectivity index (χ3n) is 6.49. The molecule has 10 nitrogen and oxygen atoms in total. The maximum Gasteiger partial charge on any atom is 0.338 e. The van der Waals surface area contributed by atoms with Gasteiger partial charge >= 0.3 is 5.97 Å². The fraction of sp³-hybridized carbons (Fsp3) is 0.375. The predicted molar refractivity (Wildman–Crippen MR) is 121 cm³/mol. The summed E-state index contributed by atoms with van der Waals surface area (Å²) in [7, 11) is 1.53. The summed E-state index contributed by atoms with van der Waals surface area (Å²) in [5.74, 6) is 0.773. The molecule has 4 heterocycles. The van der Waals surface area contributed by atoms with Crippen LogP contribution >= 0.6 is 0 Å². The first-order chi connectivity index (χ1) is 16.5. The number of benzene rings is 1. The molecule has 1 fully saturated rings. The zero-order valence-electron chi connectivity index (χ0n) is 19.3. The molecule has 3 aromatic rings. The Morgan fingerprint density at radius 2 is 2.21 bits per heavy atom. The third kappa shape index (κ3) is 3.89. The molecule has 1 atom stereocenters. The molecule has 10 heteroatoms. The molecule has 0 saturated carbocycles. The Hall–Kier alpha value is -3.81. The van der Waals surface area contributed by atoms with Crippen LogP contribution in [0.3, 0.4) is 0 Å². The molecule has 1 N–H and O–H groups in total. The van der Waals surface area contributed by atoms with E-state index in [9.17, 15) is 10.1 Å². The van der Waals surface area contributed by atoms with E-state index < -0.39 is 0 Å². The van der Waals surface area contributed by atoms with E-state index in [1.807, 2.05) is 18.3 Å². The number of aromatic nitrogens is 4. The number of hydrogen-bond donors (Lipinski definition) is 1. The summed E-state index contributed by atoms with van der Waals surface area (Å²) in [6.07, 6.45) is 1.86. The Bertz CT molecular complexity index is 1310. The monoisotopic (exact) mass is 459 g/mol. The van der Waals surface area contributed by atoms with Crippen LogP contribution in [-0.4, -0.2) is 57.6 Å². The Kier molecular flexibility index (Phi) is 5.73. The number of methoxy groups -OCH3 is 1. The van der Waals surface area contributed by atoms with Gasteiger partial charge < -0.3 is 14.8 Å². The normalized spacial score (nSPS) is 17.8. The number of rotatable bonds is 5. The van der Waals surface area contributed by atoms with Crippen LogP contribution in [0, 0.1) is 25.2 Å². The zero-order chi connectivity index (χ0) is 23.8. The summed E-state index contributed by atoms with van der Waals surface area (Å²) in [5, 5.41) is 21.5. The van der Waals surface area contributed by atoms with Crippen LogP contribution in [0.2, 0.25) is 0 Å². The van der Waals surface area contributed by atoms with Crippen molar-refractivity contribution in [3.05, 3.63) is 63.6 Å². The van der Waals surface area contributed by atoms with Gasteiger partial charge in [0.25, 0.3) is 0 Å². The number of nitriles is 1. The Balaban J connectivity index is 1.32. The van der Waals surface area contributed by atoms with E-state index in [4.69, 9.17) is 9.47 Å². The van der Waals surface area contributed by atoms with Crippen molar-refractivity contribution in [3.8, 4) is 17.6 Å². The molecular formula is C24H25N7O3. The zero-order valence-corrected chi connectivity index (χ0v) is 19.3. The number of carbonyl (C=O) groups is 1. The highest BCUT2D eigenvalue weighted by Crippen LogP contribution is 2.30. The topological polar surface area (TPSA) is 118 Å². The second kappa shape index (κ2) is 8.85. The fourth-order valence-corrected chi connectivity index (χ4v) is 4.66. The van der Waals surface area contributed by atoms with Crippen molar-refractivity contribution < 1.29 is 14.3 Å². The standard InChI is InChI=1S/C24H25N7O3/c1-14-17(4-5-18-20(14)13-34-24(18)32)21-12-30(7-6-26-21)10-16-11-31(29-28-16)23-8-22(33-3)19(9-25)15(2)27-23/h4-5,8,11,21,26H,6-7,10,12-13H2,1-3H3. The average Bonchev–Trinajstić information content (AvgIpc) is 3.46. The molecule has 2 aromatic heterocycles. The van der Waals surface area contributed by atoms with Crippen molar-refractivity contribution >= 4 is 5.97 Å². The number of piperazine rings is 1. The number of hydrogen-bond acceptors (Lipinski definition) is 9. The van der Waals surface area contributed by atoms with Crippen LogP contribution in [0.1, 0.15) is 50.0 Å². The Labute approximate surface area is 197 Å². The molecule has 0 radical (unpaired) electrons. The van der Waals surface area contributed by atoms with Gasteiger partial charge in [-0.1, -0.05) is 11.3 Å². The second-order valence-electron chi connectivity index (χ2n) is 8.53. The largest absolute Gasteiger partial charge is 0.495 e. The predicted octanol–water partition coefficient (Wildman–Crippen LogP) is 1.98. The van der Waals surface area contributed by atoms with Crippen molar-refractivity contribution in [1.82, 2.24) is 30.2 Å². The number of nitrogens with zero attached hydrogens (tertiary/aromatic N) is 6. The lowest BCUT2D eigenvalue weighted by Crippen LogP contribution is -2.45. The van der Waals surface area contributed by atoms with E-state index in [-0.39, 0.29) is 12.0 Å². The van der Waals surface area contributed by atoms with Gasteiger partial charge in [0.15, 0.2) is 5.82 Å². The summed E-state index contributed by atoms with van der Waals surface area (Å²) in [6.45, 7) is 7.37. The molecule has 1 aromatic carbocycles. The molecule has 34 heavy (non-hydrogen) atoms. The minimum absolute atomic E-state index is 0.150. The number of cyclic esters (lactones) is 1. The number of carbonyl (C=O) groups excluding carboxylic acids is 1. The third-order valence-corrected chi connectivity index (χ3v) is 6.49.